The van der Waals surface area contributed by atoms with Crippen LogP contribution in [0.25, 0.3) is 0 Å². The molecule has 0 aromatic heterocycles. The van der Waals surface area contributed by atoms with Crippen LogP contribution in [0.15, 0.2) is 35.4 Å². The second-order valence-corrected chi connectivity index (χ2v) is 8.50. The molecule has 1 aromatic carbocycles. The molecule has 0 amide bonds. The molecule has 0 aliphatic heterocycles. The zero-order valence-corrected chi connectivity index (χ0v) is 15.6. The number of rotatable bonds is 4. The summed E-state index contributed by atoms with van der Waals surface area (Å²) in [7, 11) is 0. The molecule has 0 saturated carbocycles. The number of aliphatic hydroxyl groups is 1. The smallest absolute Gasteiger partial charge is 0.307 e. The van der Waals surface area contributed by atoms with E-state index in [1.165, 1.54) is 19.3 Å². The minimum absolute atomic E-state index is 0.0284. The Kier molecular flexibility index (Phi) is 5.06. The van der Waals surface area contributed by atoms with Crippen LogP contribution in [0.5, 0.6) is 0 Å². The third-order valence-electron chi connectivity index (χ3n) is 6.35. The average molecular weight is 342 g/mol. The molecule has 0 spiro atoms. The number of aliphatic hydroxyl groups excluding tert-OH is 1. The van der Waals surface area contributed by atoms with Crippen LogP contribution in [-0.2, 0) is 11.2 Å². The van der Waals surface area contributed by atoms with Crippen molar-refractivity contribution in [2.75, 3.05) is 0 Å². The van der Waals surface area contributed by atoms with Crippen LogP contribution < -0.4 is 0 Å². The summed E-state index contributed by atoms with van der Waals surface area (Å²) in [4.78, 5) is 10.8. The summed E-state index contributed by atoms with van der Waals surface area (Å²) < 4.78 is 0. The molecule has 0 bridgehead atoms. The minimum Gasteiger partial charge on any atom is -0.481 e. The van der Waals surface area contributed by atoms with Crippen molar-refractivity contribution in [1.29, 1.82) is 0 Å². The van der Waals surface area contributed by atoms with E-state index in [0.717, 1.165) is 24.0 Å². The summed E-state index contributed by atoms with van der Waals surface area (Å²) in [5, 5.41) is 19.9. The first-order valence-electron chi connectivity index (χ1n) is 9.50. The van der Waals surface area contributed by atoms with E-state index in [9.17, 15) is 9.90 Å². The van der Waals surface area contributed by atoms with E-state index >= 15 is 0 Å². The zero-order valence-electron chi connectivity index (χ0n) is 15.6. The summed E-state index contributed by atoms with van der Waals surface area (Å²) in [6.07, 6.45) is 5.45. The van der Waals surface area contributed by atoms with Crippen LogP contribution in [0.2, 0.25) is 0 Å². The van der Waals surface area contributed by atoms with Gasteiger partial charge in [0.15, 0.2) is 0 Å². The standard InChI is InChI=1S/C22H30O3/c1-14-18(11-10-16-5-4-12-22(2,3)20(14)16)21(25)17-8-6-15(7-9-17)13-19(23)24/h6-9,14,18,21,25H,4-5,10-13H2,1-3H3,(H,23,24). The first-order valence-corrected chi connectivity index (χ1v) is 9.50. The van der Waals surface area contributed by atoms with Gasteiger partial charge in [0.05, 0.1) is 12.5 Å². The van der Waals surface area contributed by atoms with E-state index in [1.807, 2.05) is 24.3 Å². The highest BCUT2D eigenvalue weighted by Crippen LogP contribution is 2.52. The van der Waals surface area contributed by atoms with Gasteiger partial charge < -0.3 is 10.2 Å². The maximum atomic E-state index is 11.0. The highest BCUT2D eigenvalue weighted by Gasteiger charge is 2.41. The van der Waals surface area contributed by atoms with E-state index < -0.39 is 12.1 Å². The second-order valence-electron chi connectivity index (χ2n) is 8.50. The number of allylic oxidation sites excluding steroid dienone is 2. The Balaban J connectivity index is 1.80. The molecule has 2 aliphatic rings. The maximum absolute atomic E-state index is 11.0. The van der Waals surface area contributed by atoms with Crippen LogP contribution in [0.1, 0.15) is 70.1 Å². The van der Waals surface area contributed by atoms with Crippen molar-refractivity contribution < 1.29 is 15.0 Å². The molecule has 3 heteroatoms. The van der Waals surface area contributed by atoms with Crippen molar-refractivity contribution in [2.45, 2.75) is 65.4 Å². The molecule has 0 fully saturated rings. The molecule has 3 atom stereocenters. The third-order valence-corrected chi connectivity index (χ3v) is 6.35. The molecule has 3 nitrogen and oxygen atoms in total. The summed E-state index contributed by atoms with van der Waals surface area (Å²) in [6, 6.07) is 7.45. The van der Waals surface area contributed by atoms with Gasteiger partial charge >= 0.3 is 5.97 Å². The summed E-state index contributed by atoms with van der Waals surface area (Å²) in [5.41, 5.74) is 5.17. The zero-order chi connectivity index (χ0) is 18.2. The van der Waals surface area contributed by atoms with Crippen molar-refractivity contribution in [3.8, 4) is 0 Å². The monoisotopic (exact) mass is 342 g/mol. The molecule has 0 heterocycles. The van der Waals surface area contributed by atoms with Crippen LogP contribution in [0.3, 0.4) is 0 Å². The number of carboxylic acid groups (broad SMARTS) is 1. The second kappa shape index (κ2) is 6.95. The largest absolute Gasteiger partial charge is 0.481 e. The van der Waals surface area contributed by atoms with Crippen molar-refractivity contribution in [3.63, 3.8) is 0 Å². The van der Waals surface area contributed by atoms with Crippen molar-refractivity contribution in [2.24, 2.45) is 17.3 Å². The van der Waals surface area contributed by atoms with E-state index in [2.05, 4.69) is 20.8 Å². The molecule has 0 saturated heterocycles. The number of carbonyl (C=O) groups is 1. The van der Waals surface area contributed by atoms with E-state index in [1.54, 1.807) is 11.1 Å². The molecule has 0 radical (unpaired) electrons. The molecule has 3 rings (SSSR count). The van der Waals surface area contributed by atoms with Gasteiger partial charge in [-0.25, -0.2) is 0 Å². The highest BCUT2D eigenvalue weighted by atomic mass is 16.4. The predicted molar refractivity (Wildman–Crippen MR) is 99.3 cm³/mol. The fourth-order valence-corrected chi connectivity index (χ4v) is 5.18. The molecule has 2 N–H and O–H groups in total. The highest BCUT2D eigenvalue weighted by molar-refractivity contribution is 5.70. The average Bonchev–Trinajstić information content (AvgIpc) is 2.54. The molecular formula is C22H30O3. The number of carboxylic acids is 1. The van der Waals surface area contributed by atoms with Gasteiger partial charge in [0.2, 0.25) is 0 Å². The van der Waals surface area contributed by atoms with Crippen LogP contribution in [-0.4, -0.2) is 16.2 Å². The Morgan fingerprint density at radius 1 is 1.24 bits per heavy atom. The van der Waals surface area contributed by atoms with Gasteiger partial charge in [-0.2, -0.15) is 0 Å². The Morgan fingerprint density at radius 3 is 2.56 bits per heavy atom. The Hall–Kier alpha value is -1.61. The lowest BCUT2D eigenvalue weighted by Crippen LogP contribution is -2.34. The van der Waals surface area contributed by atoms with Gasteiger partial charge in [0.1, 0.15) is 0 Å². The van der Waals surface area contributed by atoms with Crippen LogP contribution >= 0.6 is 0 Å². The fourth-order valence-electron chi connectivity index (χ4n) is 5.18. The summed E-state index contributed by atoms with van der Waals surface area (Å²) in [6.45, 7) is 7.00. The SMILES string of the molecule is CC1C2=C(CCCC2(C)C)CCC1C(O)c1ccc(CC(=O)O)cc1. The normalized spacial score (nSPS) is 26.9. The third kappa shape index (κ3) is 3.67. The van der Waals surface area contributed by atoms with E-state index in [-0.39, 0.29) is 17.8 Å². The lowest BCUT2D eigenvalue weighted by atomic mass is 9.60. The molecule has 1 aromatic rings. The molecule has 25 heavy (non-hydrogen) atoms. The maximum Gasteiger partial charge on any atom is 0.307 e. The summed E-state index contributed by atoms with van der Waals surface area (Å²) >= 11 is 0. The van der Waals surface area contributed by atoms with Gasteiger partial charge in [-0.1, -0.05) is 56.2 Å². The molecule has 136 valence electrons. The first-order chi connectivity index (χ1) is 11.8. The minimum atomic E-state index is -0.826. The Bertz CT molecular complexity index is 669. The van der Waals surface area contributed by atoms with Gasteiger partial charge in [-0.3, -0.25) is 4.79 Å². The summed E-state index contributed by atoms with van der Waals surface area (Å²) in [5.74, 6) is -0.192. The Morgan fingerprint density at radius 2 is 1.92 bits per heavy atom. The molecule has 3 unspecified atom stereocenters. The van der Waals surface area contributed by atoms with Crippen molar-refractivity contribution in [3.05, 3.63) is 46.5 Å². The number of hydrogen-bond acceptors (Lipinski definition) is 2. The molecular weight excluding hydrogens is 312 g/mol. The predicted octanol–water partition coefficient (Wildman–Crippen LogP) is 4.90. The first kappa shape index (κ1) is 18.2. The van der Waals surface area contributed by atoms with E-state index in [4.69, 9.17) is 5.11 Å². The lowest BCUT2D eigenvalue weighted by molar-refractivity contribution is -0.136. The van der Waals surface area contributed by atoms with Gasteiger partial charge in [-0.05, 0) is 60.5 Å². The van der Waals surface area contributed by atoms with Crippen LogP contribution in [0.4, 0.5) is 0 Å². The number of aliphatic carboxylic acids is 1. The number of benzene rings is 1. The number of hydrogen-bond donors (Lipinski definition) is 2. The quantitative estimate of drug-likeness (QED) is 0.765. The van der Waals surface area contributed by atoms with Crippen molar-refractivity contribution in [1.82, 2.24) is 0 Å². The Labute approximate surface area is 150 Å². The van der Waals surface area contributed by atoms with Crippen LogP contribution in [0, 0.1) is 17.3 Å². The topological polar surface area (TPSA) is 57.5 Å². The van der Waals surface area contributed by atoms with Gasteiger partial charge in [0.25, 0.3) is 0 Å². The lowest BCUT2D eigenvalue weighted by Gasteiger charge is -2.46. The van der Waals surface area contributed by atoms with Gasteiger partial charge in [-0.15, -0.1) is 0 Å². The van der Waals surface area contributed by atoms with Crippen molar-refractivity contribution >= 4 is 5.97 Å². The van der Waals surface area contributed by atoms with Gasteiger partial charge in [0, 0.05) is 0 Å². The van der Waals surface area contributed by atoms with E-state index in [0.29, 0.717) is 5.92 Å². The molecule has 2 aliphatic carbocycles. The fraction of sp³-hybridized carbons (Fsp3) is 0.591.